The molecular formula is C16H24N2O2. The van der Waals surface area contributed by atoms with E-state index >= 15 is 0 Å². The Balaban J connectivity index is 1.79. The fraction of sp³-hybridized carbons (Fsp3) is 0.562. The van der Waals surface area contributed by atoms with Crippen LogP contribution in [-0.4, -0.2) is 35.2 Å². The Kier molecular flexibility index (Phi) is 5.27. The van der Waals surface area contributed by atoms with Crippen LogP contribution in [0.5, 0.6) is 5.75 Å². The maximum absolute atomic E-state index is 12.2. The van der Waals surface area contributed by atoms with Crippen molar-refractivity contribution < 1.29 is 9.90 Å². The van der Waals surface area contributed by atoms with E-state index in [1.807, 2.05) is 17.0 Å². The normalized spacial score (nSPS) is 18.9. The smallest absolute Gasteiger partial charge is 0.317 e. The van der Waals surface area contributed by atoms with E-state index in [-0.39, 0.29) is 11.8 Å². The van der Waals surface area contributed by atoms with E-state index in [2.05, 4.69) is 12.2 Å². The van der Waals surface area contributed by atoms with Crippen molar-refractivity contribution in [1.29, 1.82) is 0 Å². The van der Waals surface area contributed by atoms with Gasteiger partial charge in [0.1, 0.15) is 5.75 Å². The number of rotatable bonds is 4. The number of aromatic hydroxyl groups is 1. The molecule has 1 saturated heterocycles. The molecule has 1 heterocycles. The molecule has 1 aromatic rings. The predicted octanol–water partition coefficient (Wildman–Crippen LogP) is 2.91. The molecule has 0 saturated carbocycles. The van der Waals surface area contributed by atoms with Crippen molar-refractivity contribution in [2.45, 2.75) is 45.1 Å². The second kappa shape index (κ2) is 7.17. The minimum Gasteiger partial charge on any atom is -0.508 e. The number of phenolic OH excluding ortho intramolecular Hbond substituents is 1. The Morgan fingerprint density at radius 2 is 2.30 bits per heavy atom. The average molecular weight is 276 g/mol. The van der Waals surface area contributed by atoms with Gasteiger partial charge in [-0.25, -0.2) is 4.79 Å². The van der Waals surface area contributed by atoms with Gasteiger partial charge in [-0.3, -0.25) is 0 Å². The lowest BCUT2D eigenvalue weighted by molar-refractivity contribution is 0.149. The number of urea groups is 1. The van der Waals surface area contributed by atoms with E-state index in [1.54, 1.807) is 12.1 Å². The van der Waals surface area contributed by atoms with Crippen molar-refractivity contribution in [2.24, 2.45) is 0 Å². The van der Waals surface area contributed by atoms with Crippen LogP contribution in [0.4, 0.5) is 4.79 Å². The van der Waals surface area contributed by atoms with E-state index in [4.69, 9.17) is 0 Å². The molecule has 2 rings (SSSR count). The molecule has 0 radical (unpaired) electrons. The molecular weight excluding hydrogens is 252 g/mol. The van der Waals surface area contributed by atoms with Crippen LogP contribution in [0.15, 0.2) is 24.3 Å². The first kappa shape index (κ1) is 14.7. The molecule has 1 aromatic carbocycles. The highest BCUT2D eigenvalue weighted by molar-refractivity contribution is 5.74. The summed E-state index contributed by atoms with van der Waals surface area (Å²) in [5.74, 6) is 0.274. The fourth-order valence-corrected chi connectivity index (χ4v) is 2.82. The first-order valence-corrected chi connectivity index (χ1v) is 7.53. The number of phenols is 1. The molecule has 0 spiro atoms. The number of carbonyl (C=O) groups is 1. The zero-order valence-electron chi connectivity index (χ0n) is 12.1. The van der Waals surface area contributed by atoms with Gasteiger partial charge in [-0.2, -0.15) is 0 Å². The summed E-state index contributed by atoms with van der Waals surface area (Å²) in [6.45, 7) is 3.62. The number of amides is 2. The maximum Gasteiger partial charge on any atom is 0.317 e. The van der Waals surface area contributed by atoms with Crippen LogP contribution in [0.2, 0.25) is 0 Å². The number of benzene rings is 1. The number of nitrogens with one attached hydrogen (secondary N) is 1. The molecule has 0 bridgehead atoms. The molecule has 1 aliphatic rings. The molecule has 1 atom stereocenters. The molecule has 20 heavy (non-hydrogen) atoms. The highest BCUT2D eigenvalue weighted by atomic mass is 16.3. The Morgan fingerprint density at radius 3 is 3.05 bits per heavy atom. The van der Waals surface area contributed by atoms with Crippen LogP contribution in [0.3, 0.4) is 0 Å². The van der Waals surface area contributed by atoms with Crippen molar-refractivity contribution in [2.75, 3.05) is 13.1 Å². The van der Waals surface area contributed by atoms with Crippen LogP contribution in [0.1, 0.15) is 38.2 Å². The van der Waals surface area contributed by atoms with E-state index in [0.717, 1.165) is 37.8 Å². The molecule has 2 amide bonds. The third-order valence-corrected chi connectivity index (χ3v) is 3.96. The lowest BCUT2D eigenvalue weighted by atomic mass is 10.0. The Labute approximate surface area is 120 Å². The third kappa shape index (κ3) is 3.89. The van der Waals surface area contributed by atoms with Gasteiger partial charge >= 0.3 is 6.03 Å². The molecule has 4 nitrogen and oxygen atoms in total. The molecule has 4 heteroatoms. The quantitative estimate of drug-likeness (QED) is 0.888. The van der Waals surface area contributed by atoms with Gasteiger partial charge in [0.2, 0.25) is 0 Å². The van der Waals surface area contributed by atoms with Crippen LogP contribution >= 0.6 is 0 Å². The minimum atomic E-state index is 0.0525. The Hall–Kier alpha value is -1.71. The lowest BCUT2D eigenvalue weighted by Crippen LogP contribution is -2.48. The zero-order valence-corrected chi connectivity index (χ0v) is 12.1. The monoisotopic (exact) mass is 276 g/mol. The highest BCUT2D eigenvalue weighted by Gasteiger charge is 2.24. The topological polar surface area (TPSA) is 52.6 Å². The number of likely N-dealkylation sites (tertiary alicyclic amines) is 1. The maximum atomic E-state index is 12.2. The van der Waals surface area contributed by atoms with Crippen molar-refractivity contribution >= 4 is 6.03 Å². The highest BCUT2D eigenvalue weighted by Crippen LogP contribution is 2.19. The van der Waals surface area contributed by atoms with Gasteiger partial charge in [-0.15, -0.1) is 0 Å². The van der Waals surface area contributed by atoms with Crippen LogP contribution in [-0.2, 0) is 6.42 Å². The predicted molar refractivity (Wildman–Crippen MR) is 79.8 cm³/mol. The number of carbonyl (C=O) groups excluding carboxylic acids is 1. The first-order valence-electron chi connectivity index (χ1n) is 7.53. The van der Waals surface area contributed by atoms with Crippen LogP contribution < -0.4 is 5.32 Å². The van der Waals surface area contributed by atoms with Gasteiger partial charge in [0.05, 0.1) is 0 Å². The van der Waals surface area contributed by atoms with Gasteiger partial charge in [-0.1, -0.05) is 19.1 Å². The second-order valence-corrected chi connectivity index (χ2v) is 5.40. The molecule has 1 unspecified atom stereocenters. The summed E-state index contributed by atoms with van der Waals surface area (Å²) >= 11 is 0. The minimum absolute atomic E-state index is 0.0525. The fourth-order valence-electron chi connectivity index (χ4n) is 2.82. The molecule has 2 N–H and O–H groups in total. The van der Waals surface area contributed by atoms with Gasteiger partial charge < -0.3 is 15.3 Å². The standard InChI is InChI=1S/C16H24N2O2/c1-2-14-7-3-4-11-18(14)16(20)17-10-9-13-6-5-8-15(19)12-13/h5-6,8,12,14,19H,2-4,7,9-11H2,1H3,(H,17,20). The first-order chi connectivity index (χ1) is 9.70. The van der Waals surface area contributed by atoms with Crippen LogP contribution in [0.25, 0.3) is 0 Å². The molecule has 1 aliphatic heterocycles. The summed E-state index contributed by atoms with van der Waals surface area (Å²) in [5.41, 5.74) is 1.04. The second-order valence-electron chi connectivity index (χ2n) is 5.40. The Bertz CT molecular complexity index is 448. The van der Waals surface area contributed by atoms with Crippen molar-refractivity contribution in [3.63, 3.8) is 0 Å². The van der Waals surface area contributed by atoms with E-state index < -0.39 is 0 Å². The summed E-state index contributed by atoms with van der Waals surface area (Å²) in [4.78, 5) is 14.2. The third-order valence-electron chi connectivity index (χ3n) is 3.96. The van der Waals surface area contributed by atoms with Gasteiger partial charge in [0.15, 0.2) is 0 Å². The van der Waals surface area contributed by atoms with Crippen molar-refractivity contribution in [3.8, 4) is 5.75 Å². The zero-order chi connectivity index (χ0) is 14.4. The van der Waals surface area contributed by atoms with Gasteiger partial charge in [-0.05, 0) is 49.8 Å². The summed E-state index contributed by atoms with van der Waals surface area (Å²) in [6, 6.07) is 7.62. The lowest BCUT2D eigenvalue weighted by Gasteiger charge is -2.35. The molecule has 0 aliphatic carbocycles. The molecule has 1 fully saturated rings. The molecule has 0 aromatic heterocycles. The van der Waals surface area contributed by atoms with Crippen molar-refractivity contribution in [1.82, 2.24) is 10.2 Å². The summed E-state index contributed by atoms with van der Waals surface area (Å²) in [7, 11) is 0. The number of hydrogen-bond donors (Lipinski definition) is 2. The average Bonchev–Trinajstić information content (AvgIpc) is 2.47. The summed E-state index contributed by atoms with van der Waals surface area (Å²) < 4.78 is 0. The van der Waals surface area contributed by atoms with E-state index in [1.165, 1.54) is 6.42 Å². The van der Waals surface area contributed by atoms with E-state index in [0.29, 0.717) is 12.6 Å². The number of piperidine rings is 1. The number of nitrogens with zero attached hydrogens (tertiary/aromatic N) is 1. The van der Waals surface area contributed by atoms with E-state index in [9.17, 15) is 9.90 Å². The van der Waals surface area contributed by atoms with Gasteiger partial charge in [0, 0.05) is 19.1 Å². The largest absolute Gasteiger partial charge is 0.508 e. The SMILES string of the molecule is CCC1CCCCN1C(=O)NCCc1cccc(O)c1. The van der Waals surface area contributed by atoms with Crippen LogP contribution in [0, 0.1) is 0 Å². The molecule has 110 valence electrons. The van der Waals surface area contributed by atoms with Crippen molar-refractivity contribution in [3.05, 3.63) is 29.8 Å². The Morgan fingerprint density at radius 1 is 1.45 bits per heavy atom. The van der Waals surface area contributed by atoms with Gasteiger partial charge in [0.25, 0.3) is 0 Å². The summed E-state index contributed by atoms with van der Waals surface area (Å²) in [5, 5.41) is 12.4. The number of hydrogen-bond acceptors (Lipinski definition) is 2. The summed E-state index contributed by atoms with van der Waals surface area (Å²) in [6.07, 6.45) is 5.23.